The SMILES string of the molecule is CC(C)c1nnc(NC(=O)C(Cl)c2ccccc2)o1. The van der Waals surface area contributed by atoms with Gasteiger partial charge in [0.2, 0.25) is 5.89 Å². The first-order chi connectivity index (χ1) is 9.08. The van der Waals surface area contributed by atoms with E-state index >= 15 is 0 Å². The van der Waals surface area contributed by atoms with Crippen LogP contribution in [0.4, 0.5) is 6.01 Å². The van der Waals surface area contributed by atoms with Crippen LogP contribution in [0.15, 0.2) is 34.7 Å². The number of aromatic nitrogens is 2. The molecule has 0 bridgehead atoms. The zero-order valence-corrected chi connectivity index (χ0v) is 11.4. The molecule has 1 heterocycles. The summed E-state index contributed by atoms with van der Waals surface area (Å²) in [5.41, 5.74) is 0.713. The van der Waals surface area contributed by atoms with Crippen LogP contribution < -0.4 is 5.32 Å². The first-order valence-electron chi connectivity index (χ1n) is 5.91. The first kappa shape index (κ1) is 13.5. The Kier molecular flexibility index (Phi) is 4.16. The summed E-state index contributed by atoms with van der Waals surface area (Å²) in [5, 5.41) is 9.28. The molecule has 1 amide bonds. The Balaban J connectivity index is 2.04. The molecule has 100 valence electrons. The van der Waals surface area contributed by atoms with Crippen LogP contribution in [-0.4, -0.2) is 16.1 Å². The Morgan fingerprint density at radius 2 is 1.95 bits per heavy atom. The van der Waals surface area contributed by atoms with Crippen molar-refractivity contribution < 1.29 is 9.21 Å². The number of carbonyl (C=O) groups is 1. The molecule has 0 fully saturated rings. The van der Waals surface area contributed by atoms with E-state index in [1.807, 2.05) is 32.0 Å². The normalized spacial score (nSPS) is 12.4. The van der Waals surface area contributed by atoms with Crippen LogP contribution >= 0.6 is 11.6 Å². The number of nitrogens with one attached hydrogen (secondary N) is 1. The van der Waals surface area contributed by atoms with Gasteiger partial charge in [-0.25, -0.2) is 0 Å². The quantitative estimate of drug-likeness (QED) is 0.873. The maximum Gasteiger partial charge on any atom is 0.322 e. The fourth-order valence-electron chi connectivity index (χ4n) is 1.46. The molecule has 0 spiro atoms. The van der Waals surface area contributed by atoms with Gasteiger partial charge in [-0.3, -0.25) is 10.1 Å². The lowest BCUT2D eigenvalue weighted by Gasteiger charge is -2.07. The third kappa shape index (κ3) is 3.32. The molecule has 2 aromatic rings. The fourth-order valence-corrected chi connectivity index (χ4v) is 1.66. The number of amides is 1. The van der Waals surface area contributed by atoms with Crippen LogP contribution in [0.1, 0.15) is 36.6 Å². The van der Waals surface area contributed by atoms with Crippen LogP contribution in [0, 0.1) is 0 Å². The maximum absolute atomic E-state index is 11.9. The lowest BCUT2D eigenvalue weighted by atomic mass is 10.1. The van der Waals surface area contributed by atoms with Gasteiger partial charge in [-0.1, -0.05) is 49.3 Å². The molecule has 19 heavy (non-hydrogen) atoms. The van der Waals surface area contributed by atoms with E-state index in [4.69, 9.17) is 16.0 Å². The van der Waals surface area contributed by atoms with Gasteiger partial charge in [0.1, 0.15) is 5.38 Å². The Bertz CT molecular complexity index is 554. The molecule has 0 aliphatic rings. The van der Waals surface area contributed by atoms with Gasteiger partial charge in [-0.05, 0) is 5.56 Å². The van der Waals surface area contributed by atoms with Gasteiger partial charge in [0.15, 0.2) is 0 Å². The predicted octanol–water partition coefficient (Wildman–Crippen LogP) is 3.11. The molecule has 5 nitrogen and oxygen atoms in total. The number of benzene rings is 1. The van der Waals surface area contributed by atoms with E-state index in [9.17, 15) is 4.79 Å². The van der Waals surface area contributed by atoms with E-state index in [-0.39, 0.29) is 11.9 Å². The smallest absolute Gasteiger partial charge is 0.322 e. The van der Waals surface area contributed by atoms with Gasteiger partial charge >= 0.3 is 6.01 Å². The Morgan fingerprint density at radius 3 is 2.53 bits per heavy atom. The van der Waals surface area contributed by atoms with Gasteiger partial charge in [-0.15, -0.1) is 16.7 Å². The maximum atomic E-state index is 11.9. The third-order valence-corrected chi connectivity index (χ3v) is 2.94. The molecule has 1 atom stereocenters. The Morgan fingerprint density at radius 1 is 1.26 bits per heavy atom. The van der Waals surface area contributed by atoms with Crippen LogP contribution in [0.25, 0.3) is 0 Å². The largest absolute Gasteiger partial charge is 0.408 e. The summed E-state index contributed by atoms with van der Waals surface area (Å²) >= 11 is 6.07. The van der Waals surface area contributed by atoms with E-state index in [1.54, 1.807) is 12.1 Å². The van der Waals surface area contributed by atoms with Gasteiger partial charge < -0.3 is 4.42 Å². The van der Waals surface area contributed by atoms with Gasteiger partial charge in [-0.2, -0.15) is 0 Å². The Labute approximate surface area is 116 Å². The summed E-state index contributed by atoms with van der Waals surface area (Å²) in [6.45, 7) is 3.85. The van der Waals surface area contributed by atoms with E-state index in [1.165, 1.54) is 0 Å². The van der Waals surface area contributed by atoms with Crippen molar-refractivity contribution in [2.24, 2.45) is 0 Å². The molecule has 1 N–H and O–H groups in total. The number of hydrogen-bond donors (Lipinski definition) is 1. The van der Waals surface area contributed by atoms with Crippen molar-refractivity contribution in [3.05, 3.63) is 41.8 Å². The predicted molar refractivity (Wildman–Crippen MR) is 72.1 cm³/mol. The van der Waals surface area contributed by atoms with Crippen molar-refractivity contribution in [2.75, 3.05) is 5.32 Å². The van der Waals surface area contributed by atoms with Crippen LogP contribution in [0.3, 0.4) is 0 Å². The highest BCUT2D eigenvalue weighted by Crippen LogP contribution is 2.22. The molecular weight excluding hydrogens is 266 g/mol. The van der Waals surface area contributed by atoms with Crippen molar-refractivity contribution in [2.45, 2.75) is 25.1 Å². The number of carbonyl (C=O) groups excluding carboxylic acids is 1. The van der Waals surface area contributed by atoms with Crippen molar-refractivity contribution in [1.82, 2.24) is 10.2 Å². The number of alkyl halides is 1. The second kappa shape index (κ2) is 5.84. The topological polar surface area (TPSA) is 68.0 Å². The zero-order chi connectivity index (χ0) is 13.8. The Hall–Kier alpha value is -1.88. The summed E-state index contributed by atoms with van der Waals surface area (Å²) in [7, 11) is 0. The molecule has 2 rings (SSSR count). The molecule has 0 radical (unpaired) electrons. The van der Waals surface area contributed by atoms with Crippen molar-refractivity contribution in [1.29, 1.82) is 0 Å². The van der Waals surface area contributed by atoms with Gasteiger partial charge in [0.25, 0.3) is 5.91 Å². The molecule has 1 aromatic carbocycles. The van der Waals surface area contributed by atoms with E-state index in [0.717, 1.165) is 0 Å². The third-order valence-electron chi connectivity index (χ3n) is 2.49. The average Bonchev–Trinajstić information content (AvgIpc) is 2.87. The average molecular weight is 280 g/mol. The van der Waals surface area contributed by atoms with Crippen LogP contribution in [0.2, 0.25) is 0 Å². The lowest BCUT2D eigenvalue weighted by Crippen LogP contribution is -2.17. The highest BCUT2D eigenvalue weighted by molar-refractivity contribution is 6.32. The highest BCUT2D eigenvalue weighted by Gasteiger charge is 2.20. The minimum atomic E-state index is -0.796. The highest BCUT2D eigenvalue weighted by atomic mass is 35.5. The molecule has 0 saturated carbocycles. The summed E-state index contributed by atoms with van der Waals surface area (Å²) in [6, 6.07) is 9.13. The molecular formula is C13H14ClN3O2. The van der Waals surface area contributed by atoms with Gasteiger partial charge in [0, 0.05) is 5.92 Å². The standard InChI is InChI=1S/C13H14ClN3O2/c1-8(2)12-16-17-13(19-12)15-11(18)10(14)9-6-4-3-5-7-9/h3-8,10H,1-2H3,(H,15,17,18). The van der Waals surface area contributed by atoms with Crippen molar-refractivity contribution >= 4 is 23.5 Å². The molecule has 0 aliphatic heterocycles. The summed E-state index contributed by atoms with van der Waals surface area (Å²) in [6.07, 6.45) is 0. The second-order valence-electron chi connectivity index (χ2n) is 4.36. The van der Waals surface area contributed by atoms with Crippen LogP contribution in [-0.2, 0) is 4.79 Å². The minimum Gasteiger partial charge on any atom is -0.408 e. The molecule has 0 saturated heterocycles. The lowest BCUT2D eigenvalue weighted by molar-refractivity contribution is -0.116. The minimum absolute atomic E-state index is 0.0651. The first-order valence-corrected chi connectivity index (χ1v) is 6.35. The van der Waals surface area contributed by atoms with Gasteiger partial charge in [0.05, 0.1) is 0 Å². The molecule has 1 unspecified atom stereocenters. The zero-order valence-electron chi connectivity index (χ0n) is 10.6. The number of halogens is 1. The summed E-state index contributed by atoms with van der Waals surface area (Å²) < 4.78 is 5.29. The molecule has 6 heteroatoms. The number of rotatable bonds is 4. The molecule has 0 aliphatic carbocycles. The summed E-state index contributed by atoms with van der Waals surface area (Å²) in [4.78, 5) is 11.9. The van der Waals surface area contributed by atoms with E-state index < -0.39 is 11.3 Å². The second-order valence-corrected chi connectivity index (χ2v) is 4.80. The van der Waals surface area contributed by atoms with Crippen molar-refractivity contribution in [3.8, 4) is 0 Å². The number of hydrogen-bond acceptors (Lipinski definition) is 4. The monoisotopic (exact) mass is 279 g/mol. The summed E-state index contributed by atoms with van der Waals surface area (Å²) in [5.74, 6) is 0.187. The number of nitrogens with zero attached hydrogens (tertiary/aromatic N) is 2. The van der Waals surface area contributed by atoms with Crippen LogP contribution in [0.5, 0.6) is 0 Å². The van der Waals surface area contributed by atoms with E-state index in [2.05, 4.69) is 15.5 Å². The molecule has 1 aromatic heterocycles. The van der Waals surface area contributed by atoms with E-state index in [0.29, 0.717) is 11.5 Å². The number of anilines is 1. The fraction of sp³-hybridized carbons (Fsp3) is 0.308. The van der Waals surface area contributed by atoms with Crippen molar-refractivity contribution in [3.63, 3.8) is 0 Å².